The maximum atomic E-state index is 11.0. The van der Waals surface area contributed by atoms with Crippen LogP contribution in [0.1, 0.15) is 39.4 Å². The lowest BCUT2D eigenvalue weighted by atomic mass is 9.86. The van der Waals surface area contributed by atoms with Crippen molar-refractivity contribution in [2.45, 2.75) is 40.7 Å². The molecule has 0 heterocycles. The van der Waals surface area contributed by atoms with Gasteiger partial charge in [-0.05, 0) is 68.0 Å². The van der Waals surface area contributed by atoms with E-state index in [9.17, 15) is 4.79 Å². The standard InChI is InChI=1S/C13H19NO2/c1-6-7(2)9(4)11(10(5)8(6)3)12(14)13(15)16/h12H,14H2,1-5H3,(H,15,16). The Kier molecular flexibility index (Phi) is 3.38. The van der Waals surface area contributed by atoms with Crippen LogP contribution in [0.2, 0.25) is 0 Å². The summed E-state index contributed by atoms with van der Waals surface area (Å²) in [5.74, 6) is -0.978. The second-order valence-corrected chi connectivity index (χ2v) is 4.35. The average molecular weight is 221 g/mol. The quantitative estimate of drug-likeness (QED) is 0.805. The van der Waals surface area contributed by atoms with Crippen LogP contribution in [0.15, 0.2) is 0 Å². The predicted octanol–water partition coefficient (Wildman–Crippen LogP) is 2.31. The van der Waals surface area contributed by atoms with Gasteiger partial charge in [-0.25, -0.2) is 0 Å². The number of hydrogen-bond donors (Lipinski definition) is 2. The number of benzene rings is 1. The molecule has 0 aromatic heterocycles. The zero-order valence-corrected chi connectivity index (χ0v) is 10.5. The fraction of sp³-hybridized carbons (Fsp3) is 0.462. The zero-order valence-electron chi connectivity index (χ0n) is 10.5. The third-order valence-electron chi connectivity index (χ3n) is 3.64. The molecule has 0 saturated carbocycles. The van der Waals surface area contributed by atoms with Gasteiger partial charge >= 0.3 is 5.97 Å². The highest BCUT2D eigenvalue weighted by atomic mass is 16.4. The summed E-state index contributed by atoms with van der Waals surface area (Å²) < 4.78 is 0. The van der Waals surface area contributed by atoms with E-state index in [1.54, 1.807) is 0 Å². The van der Waals surface area contributed by atoms with Gasteiger partial charge in [0.25, 0.3) is 0 Å². The van der Waals surface area contributed by atoms with Crippen molar-refractivity contribution in [3.05, 3.63) is 33.4 Å². The minimum atomic E-state index is -0.978. The van der Waals surface area contributed by atoms with Gasteiger partial charge < -0.3 is 10.8 Å². The summed E-state index contributed by atoms with van der Waals surface area (Å²) >= 11 is 0. The fourth-order valence-corrected chi connectivity index (χ4v) is 2.12. The second-order valence-electron chi connectivity index (χ2n) is 4.35. The number of carboxylic acids is 1. The van der Waals surface area contributed by atoms with Crippen LogP contribution in [0.3, 0.4) is 0 Å². The van der Waals surface area contributed by atoms with E-state index in [0.717, 1.165) is 27.8 Å². The molecule has 0 radical (unpaired) electrons. The highest BCUT2D eigenvalue weighted by molar-refractivity contribution is 5.77. The molecule has 0 saturated heterocycles. The number of nitrogens with two attached hydrogens (primary N) is 1. The van der Waals surface area contributed by atoms with Crippen LogP contribution in [0.4, 0.5) is 0 Å². The Morgan fingerprint density at radius 1 is 0.938 bits per heavy atom. The lowest BCUT2D eigenvalue weighted by Crippen LogP contribution is -2.23. The lowest BCUT2D eigenvalue weighted by molar-refractivity contribution is -0.138. The van der Waals surface area contributed by atoms with Crippen LogP contribution in [0.5, 0.6) is 0 Å². The van der Waals surface area contributed by atoms with Crippen LogP contribution in [0, 0.1) is 34.6 Å². The molecule has 0 aliphatic carbocycles. The van der Waals surface area contributed by atoms with Crippen LogP contribution < -0.4 is 5.73 Å². The Hall–Kier alpha value is -1.35. The third kappa shape index (κ3) is 1.83. The van der Waals surface area contributed by atoms with Crippen molar-refractivity contribution in [2.75, 3.05) is 0 Å². The minimum absolute atomic E-state index is 0.758. The van der Waals surface area contributed by atoms with Gasteiger partial charge in [-0.1, -0.05) is 0 Å². The van der Waals surface area contributed by atoms with Gasteiger partial charge in [0.05, 0.1) is 0 Å². The Morgan fingerprint density at radius 2 is 1.25 bits per heavy atom. The monoisotopic (exact) mass is 221 g/mol. The largest absolute Gasteiger partial charge is 0.480 e. The molecule has 0 spiro atoms. The Balaban J connectivity index is 3.57. The lowest BCUT2D eigenvalue weighted by Gasteiger charge is -2.20. The van der Waals surface area contributed by atoms with Crippen LogP contribution in [-0.2, 0) is 4.79 Å². The maximum absolute atomic E-state index is 11.0. The molecule has 0 aliphatic rings. The molecule has 3 nitrogen and oxygen atoms in total. The van der Waals surface area contributed by atoms with E-state index < -0.39 is 12.0 Å². The molecule has 1 aromatic rings. The molecule has 1 aromatic carbocycles. The summed E-state index contributed by atoms with van der Waals surface area (Å²) in [4.78, 5) is 11.0. The topological polar surface area (TPSA) is 63.3 Å². The van der Waals surface area contributed by atoms with Gasteiger partial charge in [-0.2, -0.15) is 0 Å². The molecule has 1 unspecified atom stereocenters. The molecule has 16 heavy (non-hydrogen) atoms. The number of carbonyl (C=O) groups is 1. The molecule has 0 amide bonds. The molecule has 0 aliphatic heterocycles. The van der Waals surface area contributed by atoms with E-state index in [4.69, 9.17) is 10.8 Å². The Labute approximate surface area is 96.3 Å². The van der Waals surface area contributed by atoms with Crippen LogP contribution >= 0.6 is 0 Å². The summed E-state index contributed by atoms with van der Waals surface area (Å²) in [5, 5.41) is 9.01. The van der Waals surface area contributed by atoms with Crippen LogP contribution in [-0.4, -0.2) is 11.1 Å². The van der Waals surface area contributed by atoms with Gasteiger partial charge in [0.15, 0.2) is 0 Å². The first-order chi connectivity index (χ1) is 7.29. The molecule has 3 N–H and O–H groups in total. The van der Waals surface area contributed by atoms with E-state index in [1.807, 2.05) is 27.7 Å². The second kappa shape index (κ2) is 4.26. The van der Waals surface area contributed by atoms with Gasteiger partial charge in [0.2, 0.25) is 0 Å². The van der Waals surface area contributed by atoms with Gasteiger partial charge in [-0.15, -0.1) is 0 Å². The molecule has 0 bridgehead atoms. The van der Waals surface area contributed by atoms with Crippen molar-refractivity contribution < 1.29 is 9.90 Å². The zero-order chi connectivity index (χ0) is 12.6. The number of aliphatic carboxylic acids is 1. The number of rotatable bonds is 2. The average Bonchev–Trinajstić information content (AvgIpc) is 2.23. The summed E-state index contributed by atoms with van der Waals surface area (Å²) in [7, 11) is 0. The summed E-state index contributed by atoms with van der Waals surface area (Å²) in [6, 6.07) is -0.932. The fourth-order valence-electron chi connectivity index (χ4n) is 2.12. The first-order valence-electron chi connectivity index (χ1n) is 5.34. The Bertz CT molecular complexity index is 421. The molecule has 1 atom stereocenters. The molecule has 1 rings (SSSR count). The van der Waals surface area contributed by atoms with E-state index in [1.165, 1.54) is 5.56 Å². The van der Waals surface area contributed by atoms with E-state index in [0.29, 0.717) is 0 Å². The summed E-state index contributed by atoms with van der Waals surface area (Å²) in [5.41, 5.74) is 12.0. The van der Waals surface area contributed by atoms with Crippen molar-refractivity contribution in [2.24, 2.45) is 5.73 Å². The highest BCUT2D eigenvalue weighted by Gasteiger charge is 2.22. The van der Waals surface area contributed by atoms with Gasteiger partial charge in [0, 0.05) is 0 Å². The maximum Gasteiger partial charge on any atom is 0.325 e. The SMILES string of the molecule is Cc1c(C)c(C)c(C(N)C(=O)O)c(C)c1C. The molecule has 88 valence electrons. The first-order valence-corrected chi connectivity index (χ1v) is 5.34. The van der Waals surface area contributed by atoms with Crippen LogP contribution in [0.25, 0.3) is 0 Å². The minimum Gasteiger partial charge on any atom is -0.480 e. The highest BCUT2D eigenvalue weighted by Crippen LogP contribution is 2.29. The molecule has 3 heteroatoms. The van der Waals surface area contributed by atoms with Gasteiger partial charge in [0.1, 0.15) is 6.04 Å². The number of hydrogen-bond acceptors (Lipinski definition) is 2. The molecule has 0 fully saturated rings. The van der Waals surface area contributed by atoms with Crippen molar-refractivity contribution in [3.8, 4) is 0 Å². The van der Waals surface area contributed by atoms with Gasteiger partial charge in [-0.3, -0.25) is 4.79 Å². The van der Waals surface area contributed by atoms with Crippen molar-refractivity contribution in [3.63, 3.8) is 0 Å². The number of carboxylic acid groups (broad SMARTS) is 1. The van der Waals surface area contributed by atoms with E-state index in [-0.39, 0.29) is 0 Å². The van der Waals surface area contributed by atoms with Crippen molar-refractivity contribution in [1.29, 1.82) is 0 Å². The van der Waals surface area contributed by atoms with Crippen molar-refractivity contribution in [1.82, 2.24) is 0 Å². The Morgan fingerprint density at radius 3 is 1.56 bits per heavy atom. The molecular weight excluding hydrogens is 202 g/mol. The van der Waals surface area contributed by atoms with E-state index in [2.05, 4.69) is 6.92 Å². The van der Waals surface area contributed by atoms with E-state index >= 15 is 0 Å². The third-order valence-corrected chi connectivity index (χ3v) is 3.64. The smallest absolute Gasteiger partial charge is 0.325 e. The summed E-state index contributed by atoms with van der Waals surface area (Å²) in [6.07, 6.45) is 0. The normalized spacial score (nSPS) is 12.6. The van der Waals surface area contributed by atoms with Crippen molar-refractivity contribution >= 4 is 5.97 Å². The first kappa shape index (κ1) is 12.7. The predicted molar refractivity (Wildman–Crippen MR) is 64.7 cm³/mol. The molecular formula is C13H19NO2. The summed E-state index contributed by atoms with van der Waals surface area (Å²) in [6.45, 7) is 9.95.